The number of unbranched alkanes of at least 4 members (excludes halogenated alkanes) is 1. The molecule has 0 saturated heterocycles. The number of halogens is 1. The van der Waals surface area contributed by atoms with Gasteiger partial charge in [-0.2, -0.15) is 0 Å². The molecule has 0 aliphatic carbocycles. The van der Waals surface area contributed by atoms with E-state index in [9.17, 15) is 9.59 Å². The van der Waals surface area contributed by atoms with E-state index in [4.69, 9.17) is 4.74 Å². The van der Waals surface area contributed by atoms with Crippen molar-refractivity contribution in [2.24, 2.45) is 0 Å². The molecule has 6 heteroatoms. The average molecular weight is 574 g/mol. The summed E-state index contributed by atoms with van der Waals surface area (Å²) in [7, 11) is 0. The number of rotatable bonds is 12. The van der Waals surface area contributed by atoms with E-state index in [1.807, 2.05) is 97.1 Å². The second-order valence-electron chi connectivity index (χ2n) is 9.26. The molecule has 0 saturated carbocycles. The summed E-state index contributed by atoms with van der Waals surface area (Å²) in [6.45, 7) is 2.79. The standard InChI is InChI=1S/C32H33BrN2O3/c1-2-3-20-34-32(37)29(21-24-10-5-4-6-11-24)35(22-25-16-18-27(33)19-17-25)31(36)23-38-30-15-9-13-26-12-7-8-14-28(26)30/h4-19,29H,2-3,20-23H2,1H3,(H,34,37)/t29-/m1/s1. The predicted octanol–water partition coefficient (Wildman–Crippen LogP) is 6.54. The average Bonchev–Trinajstić information content (AvgIpc) is 2.95. The molecule has 0 spiro atoms. The number of hydrogen-bond donors (Lipinski definition) is 1. The highest BCUT2D eigenvalue weighted by Gasteiger charge is 2.30. The van der Waals surface area contributed by atoms with Gasteiger partial charge in [0.15, 0.2) is 6.61 Å². The topological polar surface area (TPSA) is 58.6 Å². The Bertz CT molecular complexity index is 1340. The molecule has 4 aromatic carbocycles. The van der Waals surface area contributed by atoms with Crippen LogP contribution in [0.25, 0.3) is 10.8 Å². The first kappa shape index (κ1) is 27.4. The molecule has 0 unspecified atom stereocenters. The number of hydrogen-bond acceptors (Lipinski definition) is 3. The van der Waals surface area contributed by atoms with Gasteiger partial charge in [-0.3, -0.25) is 9.59 Å². The van der Waals surface area contributed by atoms with Crippen LogP contribution in [0.15, 0.2) is 102 Å². The Labute approximate surface area is 232 Å². The van der Waals surface area contributed by atoms with E-state index in [1.165, 1.54) is 0 Å². The Hall–Kier alpha value is -3.64. The number of amides is 2. The maximum absolute atomic E-state index is 13.8. The molecule has 0 heterocycles. The van der Waals surface area contributed by atoms with Gasteiger partial charge >= 0.3 is 0 Å². The van der Waals surface area contributed by atoms with Crippen molar-refractivity contribution in [2.45, 2.75) is 38.8 Å². The molecule has 0 fully saturated rings. The maximum atomic E-state index is 13.8. The molecule has 0 aliphatic rings. The van der Waals surface area contributed by atoms with Crippen LogP contribution in [-0.2, 0) is 22.6 Å². The van der Waals surface area contributed by atoms with Crippen LogP contribution in [0.3, 0.4) is 0 Å². The Kier molecular flexibility index (Phi) is 9.93. The van der Waals surface area contributed by atoms with Crippen molar-refractivity contribution in [1.29, 1.82) is 0 Å². The zero-order valence-electron chi connectivity index (χ0n) is 21.6. The van der Waals surface area contributed by atoms with Crippen molar-refractivity contribution in [3.63, 3.8) is 0 Å². The van der Waals surface area contributed by atoms with Crippen molar-refractivity contribution >= 4 is 38.5 Å². The minimum atomic E-state index is -0.679. The van der Waals surface area contributed by atoms with E-state index >= 15 is 0 Å². The lowest BCUT2D eigenvalue weighted by Crippen LogP contribution is -2.51. The van der Waals surface area contributed by atoms with Crippen LogP contribution in [0.1, 0.15) is 30.9 Å². The van der Waals surface area contributed by atoms with Gasteiger partial charge in [-0.05, 0) is 41.1 Å². The molecule has 0 bridgehead atoms. The van der Waals surface area contributed by atoms with E-state index < -0.39 is 6.04 Å². The van der Waals surface area contributed by atoms with Crippen LogP contribution in [0, 0.1) is 0 Å². The lowest BCUT2D eigenvalue weighted by molar-refractivity contribution is -0.142. The maximum Gasteiger partial charge on any atom is 0.261 e. The summed E-state index contributed by atoms with van der Waals surface area (Å²) in [5.74, 6) is 0.248. The largest absolute Gasteiger partial charge is 0.483 e. The molecule has 0 aliphatic heterocycles. The van der Waals surface area contributed by atoms with Gasteiger partial charge in [0.05, 0.1) is 0 Å². The summed E-state index contributed by atoms with van der Waals surface area (Å²) in [6.07, 6.45) is 2.27. The Morgan fingerprint density at radius 2 is 1.58 bits per heavy atom. The fourth-order valence-corrected chi connectivity index (χ4v) is 4.65. The van der Waals surface area contributed by atoms with Gasteiger partial charge in [0.25, 0.3) is 5.91 Å². The molecule has 5 nitrogen and oxygen atoms in total. The van der Waals surface area contributed by atoms with E-state index in [-0.39, 0.29) is 18.4 Å². The molecule has 4 rings (SSSR count). The second kappa shape index (κ2) is 13.8. The first-order valence-corrected chi connectivity index (χ1v) is 13.8. The van der Waals surface area contributed by atoms with E-state index in [2.05, 4.69) is 28.2 Å². The lowest BCUT2D eigenvalue weighted by atomic mass is 10.0. The van der Waals surface area contributed by atoms with Crippen molar-refractivity contribution in [3.05, 3.63) is 113 Å². The fourth-order valence-electron chi connectivity index (χ4n) is 4.39. The number of carbonyl (C=O) groups excluding carboxylic acids is 2. The molecule has 1 N–H and O–H groups in total. The first-order chi connectivity index (χ1) is 18.5. The lowest BCUT2D eigenvalue weighted by Gasteiger charge is -2.31. The van der Waals surface area contributed by atoms with Crippen LogP contribution in [-0.4, -0.2) is 35.9 Å². The Morgan fingerprint density at radius 1 is 0.868 bits per heavy atom. The van der Waals surface area contributed by atoms with Gasteiger partial charge in [0.1, 0.15) is 11.8 Å². The first-order valence-electron chi connectivity index (χ1n) is 13.0. The molecule has 1 atom stereocenters. The monoisotopic (exact) mass is 572 g/mol. The molecular weight excluding hydrogens is 540 g/mol. The third kappa shape index (κ3) is 7.45. The zero-order chi connectivity index (χ0) is 26.7. The minimum absolute atomic E-state index is 0.155. The highest BCUT2D eigenvalue weighted by molar-refractivity contribution is 9.10. The predicted molar refractivity (Wildman–Crippen MR) is 156 cm³/mol. The third-order valence-corrected chi connectivity index (χ3v) is 7.00. The summed E-state index contributed by atoms with van der Waals surface area (Å²) in [5, 5.41) is 5.04. The summed E-state index contributed by atoms with van der Waals surface area (Å²) >= 11 is 3.48. The van der Waals surface area contributed by atoms with Gasteiger partial charge in [0.2, 0.25) is 5.91 Å². The summed E-state index contributed by atoms with van der Waals surface area (Å²) in [5.41, 5.74) is 1.93. The molecule has 0 aromatic heterocycles. The van der Waals surface area contributed by atoms with Crippen LogP contribution in [0.5, 0.6) is 5.75 Å². The van der Waals surface area contributed by atoms with E-state index in [0.29, 0.717) is 25.3 Å². The summed E-state index contributed by atoms with van der Waals surface area (Å²) < 4.78 is 7.02. The Morgan fingerprint density at radius 3 is 2.34 bits per heavy atom. The molecule has 38 heavy (non-hydrogen) atoms. The van der Waals surface area contributed by atoms with Crippen LogP contribution < -0.4 is 10.1 Å². The molecule has 0 radical (unpaired) electrons. The number of carbonyl (C=O) groups is 2. The highest BCUT2D eigenvalue weighted by atomic mass is 79.9. The second-order valence-corrected chi connectivity index (χ2v) is 10.2. The smallest absolute Gasteiger partial charge is 0.261 e. The van der Waals surface area contributed by atoms with Gasteiger partial charge in [-0.1, -0.05) is 108 Å². The third-order valence-electron chi connectivity index (χ3n) is 6.47. The summed E-state index contributed by atoms with van der Waals surface area (Å²) in [4.78, 5) is 29.0. The Balaban J connectivity index is 1.62. The van der Waals surface area contributed by atoms with Gasteiger partial charge in [-0.25, -0.2) is 0 Å². The number of ether oxygens (including phenoxy) is 1. The SMILES string of the molecule is CCCCNC(=O)[C@@H](Cc1ccccc1)N(Cc1ccc(Br)cc1)C(=O)COc1cccc2ccccc12. The van der Waals surface area contributed by atoms with Gasteiger partial charge < -0.3 is 15.0 Å². The van der Waals surface area contributed by atoms with Crippen molar-refractivity contribution in [3.8, 4) is 5.75 Å². The van der Waals surface area contributed by atoms with Crippen molar-refractivity contribution < 1.29 is 14.3 Å². The molecular formula is C32H33BrN2O3. The number of nitrogens with one attached hydrogen (secondary N) is 1. The van der Waals surface area contributed by atoms with Crippen molar-refractivity contribution in [2.75, 3.05) is 13.2 Å². The quantitative estimate of drug-likeness (QED) is 0.196. The zero-order valence-corrected chi connectivity index (χ0v) is 23.2. The highest BCUT2D eigenvalue weighted by Crippen LogP contribution is 2.25. The minimum Gasteiger partial charge on any atom is -0.483 e. The normalized spacial score (nSPS) is 11.6. The van der Waals surface area contributed by atoms with Gasteiger partial charge in [-0.15, -0.1) is 0 Å². The molecule has 4 aromatic rings. The van der Waals surface area contributed by atoms with E-state index in [0.717, 1.165) is 39.2 Å². The number of benzene rings is 4. The fraction of sp³-hybridized carbons (Fsp3) is 0.250. The molecule has 196 valence electrons. The number of fused-ring (bicyclic) bond motifs is 1. The van der Waals surface area contributed by atoms with E-state index in [1.54, 1.807) is 4.90 Å². The molecule has 2 amide bonds. The van der Waals surface area contributed by atoms with Crippen LogP contribution >= 0.6 is 15.9 Å². The van der Waals surface area contributed by atoms with Crippen molar-refractivity contribution in [1.82, 2.24) is 10.2 Å². The van der Waals surface area contributed by atoms with Gasteiger partial charge in [0, 0.05) is 29.4 Å². The number of nitrogens with zero attached hydrogens (tertiary/aromatic N) is 1. The van der Waals surface area contributed by atoms with Crippen LogP contribution in [0.2, 0.25) is 0 Å². The van der Waals surface area contributed by atoms with Crippen LogP contribution in [0.4, 0.5) is 0 Å². The summed E-state index contributed by atoms with van der Waals surface area (Å²) in [6, 6.07) is 30.7.